The second kappa shape index (κ2) is 5.26. The Balaban J connectivity index is 1.94. The second-order valence-corrected chi connectivity index (χ2v) is 4.43. The highest BCUT2D eigenvalue weighted by Gasteiger charge is 2.09. The molecule has 0 aliphatic heterocycles. The summed E-state index contributed by atoms with van der Waals surface area (Å²) in [7, 11) is 1.95. The van der Waals surface area contributed by atoms with E-state index in [2.05, 4.69) is 15.0 Å². The number of nitrogens with zero attached hydrogens (tertiary/aromatic N) is 4. The van der Waals surface area contributed by atoms with E-state index in [0.29, 0.717) is 13.0 Å². The van der Waals surface area contributed by atoms with Gasteiger partial charge in [-0.3, -0.25) is 0 Å². The number of rotatable bonds is 4. The van der Waals surface area contributed by atoms with Gasteiger partial charge in [0.2, 0.25) is 0 Å². The van der Waals surface area contributed by atoms with Gasteiger partial charge in [-0.15, -0.1) is 0 Å². The van der Waals surface area contributed by atoms with Gasteiger partial charge >= 0.3 is 0 Å². The Morgan fingerprint density at radius 2 is 2.15 bits per heavy atom. The maximum Gasteiger partial charge on any atom is 0.181 e. The molecule has 6 heteroatoms. The van der Waals surface area contributed by atoms with Crippen molar-refractivity contribution in [2.75, 3.05) is 18.5 Å². The minimum Gasteiger partial charge on any atom is -0.443 e. The van der Waals surface area contributed by atoms with Crippen molar-refractivity contribution in [3.63, 3.8) is 0 Å². The van der Waals surface area contributed by atoms with E-state index >= 15 is 0 Å². The monoisotopic (exact) mass is 269 g/mol. The molecular formula is C14H15N5O. The molecule has 20 heavy (non-hydrogen) atoms. The fraction of sp³-hybridized carbons (Fsp3) is 0.214. The van der Waals surface area contributed by atoms with Crippen molar-refractivity contribution in [2.24, 2.45) is 5.73 Å². The van der Waals surface area contributed by atoms with Crippen molar-refractivity contribution in [1.29, 1.82) is 0 Å². The van der Waals surface area contributed by atoms with Crippen LogP contribution in [0.1, 0.15) is 5.82 Å². The topological polar surface area (TPSA) is 81.1 Å². The van der Waals surface area contributed by atoms with E-state index in [1.807, 2.05) is 36.2 Å². The minimum absolute atomic E-state index is 0.539. The van der Waals surface area contributed by atoms with E-state index < -0.39 is 0 Å². The highest BCUT2D eigenvalue weighted by atomic mass is 16.3. The lowest BCUT2D eigenvalue weighted by Crippen LogP contribution is -2.14. The normalized spacial score (nSPS) is 10.9. The van der Waals surface area contributed by atoms with Crippen molar-refractivity contribution in [2.45, 2.75) is 6.42 Å². The predicted octanol–water partition coefficient (Wildman–Crippen LogP) is 1.89. The number of aromatic nitrogens is 3. The van der Waals surface area contributed by atoms with Gasteiger partial charge in [0.25, 0.3) is 0 Å². The number of benzene rings is 1. The van der Waals surface area contributed by atoms with Crippen molar-refractivity contribution < 1.29 is 4.42 Å². The van der Waals surface area contributed by atoms with Gasteiger partial charge in [-0.25, -0.2) is 15.0 Å². The highest BCUT2D eigenvalue weighted by molar-refractivity contribution is 5.78. The molecule has 0 atom stereocenters. The van der Waals surface area contributed by atoms with Crippen LogP contribution in [0.25, 0.3) is 11.1 Å². The minimum atomic E-state index is 0.539. The fourth-order valence-corrected chi connectivity index (χ4v) is 2.01. The molecule has 1 aromatic carbocycles. The van der Waals surface area contributed by atoms with Crippen LogP contribution < -0.4 is 10.6 Å². The molecule has 0 fully saturated rings. The summed E-state index contributed by atoms with van der Waals surface area (Å²) in [5.41, 5.74) is 8.11. The number of oxazole rings is 1. The zero-order chi connectivity index (χ0) is 13.9. The number of fused-ring (bicyclic) bond motifs is 1. The third-order valence-electron chi connectivity index (χ3n) is 3.10. The van der Waals surface area contributed by atoms with Crippen LogP contribution in [0.2, 0.25) is 0 Å². The van der Waals surface area contributed by atoms with Crippen LogP contribution in [0, 0.1) is 0 Å². The SMILES string of the molecule is CN(c1ccc2ncoc2c1)c1ccnc(CCN)n1. The van der Waals surface area contributed by atoms with E-state index in [-0.39, 0.29) is 0 Å². The van der Waals surface area contributed by atoms with Gasteiger partial charge in [-0.1, -0.05) is 0 Å². The molecule has 0 saturated heterocycles. The molecule has 0 spiro atoms. The van der Waals surface area contributed by atoms with E-state index in [1.54, 1.807) is 6.20 Å². The molecular weight excluding hydrogens is 254 g/mol. The third-order valence-corrected chi connectivity index (χ3v) is 3.10. The van der Waals surface area contributed by atoms with Crippen LogP contribution in [0.15, 0.2) is 41.3 Å². The summed E-state index contributed by atoms with van der Waals surface area (Å²) in [6.45, 7) is 0.539. The highest BCUT2D eigenvalue weighted by Crippen LogP contribution is 2.25. The average Bonchev–Trinajstić information content (AvgIpc) is 2.94. The number of nitrogens with two attached hydrogens (primary N) is 1. The smallest absolute Gasteiger partial charge is 0.181 e. The first-order valence-corrected chi connectivity index (χ1v) is 6.37. The zero-order valence-corrected chi connectivity index (χ0v) is 11.2. The Labute approximate surface area is 116 Å². The molecule has 102 valence electrons. The molecule has 0 aliphatic carbocycles. The molecule has 0 unspecified atom stereocenters. The summed E-state index contributed by atoms with van der Waals surface area (Å²) in [6, 6.07) is 7.71. The van der Waals surface area contributed by atoms with Crippen LogP contribution in [0.5, 0.6) is 0 Å². The van der Waals surface area contributed by atoms with Gasteiger partial charge in [-0.2, -0.15) is 0 Å². The summed E-state index contributed by atoms with van der Waals surface area (Å²) in [5.74, 6) is 1.57. The molecule has 0 amide bonds. The zero-order valence-electron chi connectivity index (χ0n) is 11.2. The summed E-state index contributed by atoms with van der Waals surface area (Å²) < 4.78 is 5.32. The van der Waals surface area contributed by atoms with E-state index in [9.17, 15) is 0 Å². The van der Waals surface area contributed by atoms with Crippen molar-refractivity contribution in [3.8, 4) is 0 Å². The molecule has 0 saturated carbocycles. The standard InChI is InChI=1S/C14H15N5O/c1-19(14-5-7-16-13(18-14)4-6-15)10-2-3-11-12(8-10)20-9-17-11/h2-3,5,7-9H,4,6,15H2,1H3. The Hall–Kier alpha value is -2.47. The quantitative estimate of drug-likeness (QED) is 0.779. The lowest BCUT2D eigenvalue weighted by atomic mass is 10.2. The van der Waals surface area contributed by atoms with Crippen LogP contribution >= 0.6 is 0 Å². The van der Waals surface area contributed by atoms with Gasteiger partial charge in [0, 0.05) is 31.4 Å². The first-order chi connectivity index (χ1) is 9.78. The van der Waals surface area contributed by atoms with Gasteiger partial charge in [0.1, 0.15) is 17.2 Å². The lowest BCUT2D eigenvalue weighted by molar-refractivity contribution is 0.602. The Kier molecular flexibility index (Phi) is 3.30. The van der Waals surface area contributed by atoms with Crippen molar-refractivity contribution >= 4 is 22.6 Å². The molecule has 3 aromatic rings. The average molecular weight is 269 g/mol. The first kappa shape index (κ1) is 12.6. The molecule has 2 aromatic heterocycles. The summed E-state index contributed by atoms with van der Waals surface area (Å²) in [5, 5.41) is 0. The number of hydrogen-bond acceptors (Lipinski definition) is 6. The van der Waals surface area contributed by atoms with E-state index in [0.717, 1.165) is 28.4 Å². The van der Waals surface area contributed by atoms with Crippen LogP contribution in [0.3, 0.4) is 0 Å². The second-order valence-electron chi connectivity index (χ2n) is 4.43. The van der Waals surface area contributed by atoms with Gasteiger partial charge in [0.05, 0.1) is 0 Å². The van der Waals surface area contributed by atoms with Crippen molar-refractivity contribution in [1.82, 2.24) is 15.0 Å². The molecule has 3 rings (SSSR count). The molecule has 2 N–H and O–H groups in total. The molecule has 0 bridgehead atoms. The number of anilines is 2. The van der Waals surface area contributed by atoms with Crippen molar-refractivity contribution in [3.05, 3.63) is 42.7 Å². The van der Waals surface area contributed by atoms with E-state index in [4.69, 9.17) is 10.2 Å². The summed E-state index contributed by atoms with van der Waals surface area (Å²) in [6.07, 6.45) is 3.86. The fourth-order valence-electron chi connectivity index (χ4n) is 2.01. The maximum absolute atomic E-state index is 5.54. The molecule has 0 aliphatic rings. The van der Waals surface area contributed by atoms with Gasteiger partial charge < -0.3 is 15.1 Å². The number of hydrogen-bond donors (Lipinski definition) is 1. The van der Waals surface area contributed by atoms with Crippen LogP contribution in [-0.4, -0.2) is 28.5 Å². The maximum atomic E-state index is 5.54. The van der Waals surface area contributed by atoms with Gasteiger partial charge in [0.15, 0.2) is 12.0 Å². The molecule has 6 nitrogen and oxygen atoms in total. The van der Waals surface area contributed by atoms with E-state index in [1.165, 1.54) is 6.39 Å². The largest absolute Gasteiger partial charge is 0.443 e. The molecule has 0 radical (unpaired) electrons. The van der Waals surface area contributed by atoms with Crippen LogP contribution in [0.4, 0.5) is 11.5 Å². The Bertz CT molecular complexity index is 724. The lowest BCUT2D eigenvalue weighted by Gasteiger charge is -2.18. The predicted molar refractivity (Wildman–Crippen MR) is 76.9 cm³/mol. The Morgan fingerprint density at radius 1 is 1.25 bits per heavy atom. The Morgan fingerprint density at radius 3 is 3.00 bits per heavy atom. The third kappa shape index (κ3) is 2.33. The summed E-state index contributed by atoms with van der Waals surface area (Å²) >= 11 is 0. The van der Waals surface area contributed by atoms with Gasteiger partial charge in [-0.05, 0) is 24.7 Å². The molecule has 2 heterocycles. The first-order valence-electron chi connectivity index (χ1n) is 6.37. The van der Waals surface area contributed by atoms with Crippen LogP contribution in [-0.2, 0) is 6.42 Å². The summed E-state index contributed by atoms with van der Waals surface area (Å²) in [4.78, 5) is 14.8.